The summed E-state index contributed by atoms with van der Waals surface area (Å²) >= 11 is 3.54. The molecule has 0 aliphatic heterocycles. The van der Waals surface area contributed by atoms with Crippen molar-refractivity contribution in [3.05, 3.63) is 28.1 Å². The summed E-state index contributed by atoms with van der Waals surface area (Å²) < 4.78 is 6.86. The van der Waals surface area contributed by atoms with Crippen LogP contribution in [0.3, 0.4) is 0 Å². The molecule has 0 aromatic carbocycles. The number of nitrogens with one attached hydrogen (secondary N) is 1. The van der Waals surface area contributed by atoms with E-state index in [2.05, 4.69) is 51.1 Å². The molecule has 4 nitrogen and oxygen atoms in total. The van der Waals surface area contributed by atoms with Gasteiger partial charge in [-0.3, -0.25) is 0 Å². The van der Waals surface area contributed by atoms with Crippen LogP contribution in [-0.4, -0.2) is 17.0 Å². The highest BCUT2D eigenvalue weighted by Crippen LogP contribution is 2.48. The van der Waals surface area contributed by atoms with Crippen LogP contribution in [0.2, 0.25) is 0 Å². The van der Waals surface area contributed by atoms with Crippen LogP contribution in [0, 0.1) is 5.92 Å². The Morgan fingerprint density at radius 3 is 2.75 bits per heavy atom. The highest BCUT2D eigenvalue weighted by molar-refractivity contribution is 9.10. The van der Waals surface area contributed by atoms with Crippen molar-refractivity contribution < 1.29 is 4.42 Å². The Morgan fingerprint density at radius 1 is 1.40 bits per heavy atom. The standard InChI is InChI=1S/C15H18BrN3O/c1-4-10-13(16)15(17-3)19-14(18-10)12-6-5-11(20-12)9-7-8(9)2/h5-6,8-9H,4,7H2,1-3H3,(H,17,18,19). The zero-order valence-electron chi connectivity index (χ0n) is 11.9. The van der Waals surface area contributed by atoms with Gasteiger partial charge < -0.3 is 9.73 Å². The number of aryl methyl sites for hydroxylation is 1. The smallest absolute Gasteiger partial charge is 0.197 e. The zero-order chi connectivity index (χ0) is 14.3. The lowest BCUT2D eigenvalue weighted by molar-refractivity contribution is 0.514. The Hall–Kier alpha value is -1.36. The first-order valence-corrected chi connectivity index (χ1v) is 7.77. The maximum absolute atomic E-state index is 5.93. The van der Waals surface area contributed by atoms with Crippen molar-refractivity contribution in [2.75, 3.05) is 12.4 Å². The predicted molar refractivity (Wildman–Crippen MR) is 82.9 cm³/mol. The summed E-state index contributed by atoms with van der Waals surface area (Å²) in [6.07, 6.45) is 2.06. The SMILES string of the molecule is CCc1nc(-c2ccc(C3CC3C)o2)nc(NC)c1Br. The van der Waals surface area contributed by atoms with E-state index >= 15 is 0 Å². The average molecular weight is 336 g/mol. The average Bonchev–Trinajstić information content (AvgIpc) is 3.00. The summed E-state index contributed by atoms with van der Waals surface area (Å²) in [5.74, 6) is 4.56. The molecule has 1 aliphatic carbocycles. The number of rotatable bonds is 4. The summed E-state index contributed by atoms with van der Waals surface area (Å²) in [7, 11) is 1.86. The maximum Gasteiger partial charge on any atom is 0.197 e. The minimum Gasteiger partial charge on any atom is -0.457 e. The van der Waals surface area contributed by atoms with Gasteiger partial charge in [0.15, 0.2) is 11.6 Å². The van der Waals surface area contributed by atoms with Crippen LogP contribution in [0.15, 0.2) is 21.0 Å². The quantitative estimate of drug-likeness (QED) is 0.908. The molecular weight excluding hydrogens is 318 g/mol. The third-order valence-corrected chi connectivity index (χ3v) is 4.65. The molecule has 0 bridgehead atoms. The number of aromatic nitrogens is 2. The maximum atomic E-state index is 5.93. The van der Waals surface area contributed by atoms with Gasteiger partial charge in [-0.25, -0.2) is 9.97 Å². The largest absolute Gasteiger partial charge is 0.457 e. The molecule has 0 saturated heterocycles. The lowest BCUT2D eigenvalue weighted by Crippen LogP contribution is -2.02. The zero-order valence-corrected chi connectivity index (χ0v) is 13.5. The van der Waals surface area contributed by atoms with Crippen molar-refractivity contribution in [2.45, 2.75) is 32.6 Å². The van der Waals surface area contributed by atoms with Gasteiger partial charge in [0.1, 0.15) is 11.6 Å². The highest BCUT2D eigenvalue weighted by Gasteiger charge is 2.36. The van der Waals surface area contributed by atoms with Crippen LogP contribution in [0.1, 0.15) is 37.6 Å². The van der Waals surface area contributed by atoms with Crippen molar-refractivity contribution in [1.82, 2.24) is 9.97 Å². The number of halogens is 1. The van der Waals surface area contributed by atoms with Crippen LogP contribution < -0.4 is 5.32 Å². The molecule has 1 aliphatic rings. The van der Waals surface area contributed by atoms with Crippen LogP contribution in [0.4, 0.5) is 5.82 Å². The van der Waals surface area contributed by atoms with Gasteiger partial charge in [0.2, 0.25) is 0 Å². The van der Waals surface area contributed by atoms with Crippen molar-refractivity contribution in [1.29, 1.82) is 0 Å². The number of anilines is 1. The Labute approximate surface area is 127 Å². The molecule has 0 radical (unpaired) electrons. The second-order valence-electron chi connectivity index (χ2n) is 5.28. The van der Waals surface area contributed by atoms with Crippen molar-refractivity contribution in [3.8, 4) is 11.6 Å². The second kappa shape index (κ2) is 5.20. The predicted octanol–water partition coefficient (Wildman–Crippen LogP) is 4.23. The molecular formula is C15H18BrN3O. The number of furan rings is 1. The van der Waals surface area contributed by atoms with E-state index in [1.165, 1.54) is 6.42 Å². The normalized spacial score (nSPS) is 21.0. The summed E-state index contributed by atoms with van der Waals surface area (Å²) in [6.45, 7) is 4.33. The Morgan fingerprint density at radius 2 is 2.15 bits per heavy atom. The summed E-state index contributed by atoms with van der Waals surface area (Å²) in [4.78, 5) is 9.11. The minimum absolute atomic E-state index is 0.577. The number of nitrogens with zero attached hydrogens (tertiary/aromatic N) is 2. The minimum atomic E-state index is 0.577. The summed E-state index contributed by atoms with van der Waals surface area (Å²) in [6, 6.07) is 4.03. The fourth-order valence-corrected chi connectivity index (χ4v) is 3.05. The van der Waals surface area contributed by atoms with E-state index in [0.29, 0.717) is 11.7 Å². The first kappa shape index (κ1) is 13.6. The number of hydrogen-bond acceptors (Lipinski definition) is 4. The van der Waals surface area contributed by atoms with Gasteiger partial charge in [-0.1, -0.05) is 13.8 Å². The van der Waals surface area contributed by atoms with Crippen molar-refractivity contribution >= 4 is 21.7 Å². The molecule has 2 aromatic rings. The van der Waals surface area contributed by atoms with Gasteiger partial charge in [0, 0.05) is 13.0 Å². The van der Waals surface area contributed by atoms with E-state index in [9.17, 15) is 0 Å². The monoisotopic (exact) mass is 335 g/mol. The van der Waals surface area contributed by atoms with Gasteiger partial charge >= 0.3 is 0 Å². The Bertz CT molecular complexity index is 613. The lowest BCUT2D eigenvalue weighted by atomic mass is 10.2. The molecule has 1 fully saturated rings. The molecule has 2 aromatic heterocycles. The van der Waals surface area contributed by atoms with E-state index in [0.717, 1.165) is 39.8 Å². The van der Waals surface area contributed by atoms with Crippen LogP contribution >= 0.6 is 15.9 Å². The summed E-state index contributed by atoms with van der Waals surface area (Å²) in [5, 5.41) is 3.09. The molecule has 1 saturated carbocycles. The molecule has 0 amide bonds. The molecule has 2 unspecified atom stereocenters. The molecule has 3 rings (SSSR count). The summed E-state index contributed by atoms with van der Waals surface area (Å²) in [5.41, 5.74) is 0.983. The molecule has 1 N–H and O–H groups in total. The fraction of sp³-hybridized carbons (Fsp3) is 0.467. The van der Waals surface area contributed by atoms with Gasteiger partial charge in [-0.15, -0.1) is 0 Å². The van der Waals surface area contributed by atoms with E-state index in [1.54, 1.807) is 0 Å². The van der Waals surface area contributed by atoms with Gasteiger partial charge in [0.25, 0.3) is 0 Å². The molecule has 106 valence electrons. The lowest BCUT2D eigenvalue weighted by Gasteiger charge is -2.08. The molecule has 2 atom stereocenters. The van der Waals surface area contributed by atoms with Crippen LogP contribution in [0.25, 0.3) is 11.6 Å². The molecule has 20 heavy (non-hydrogen) atoms. The molecule has 2 heterocycles. The van der Waals surface area contributed by atoms with Crippen molar-refractivity contribution in [3.63, 3.8) is 0 Å². The van der Waals surface area contributed by atoms with Gasteiger partial charge in [-0.05, 0) is 46.8 Å². The second-order valence-corrected chi connectivity index (χ2v) is 6.07. The van der Waals surface area contributed by atoms with E-state index in [4.69, 9.17) is 4.42 Å². The first-order chi connectivity index (χ1) is 9.63. The van der Waals surface area contributed by atoms with Crippen LogP contribution in [-0.2, 0) is 6.42 Å². The van der Waals surface area contributed by atoms with Gasteiger partial charge in [-0.2, -0.15) is 0 Å². The number of hydrogen-bond donors (Lipinski definition) is 1. The van der Waals surface area contributed by atoms with Gasteiger partial charge in [0.05, 0.1) is 10.2 Å². The Balaban J connectivity index is 1.98. The first-order valence-electron chi connectivity index (χ1n) is 6.98. The highest BCUT2D eigenvalue weighted by atomic mass is 79.9. The topological polar surface area (TPSA) is 51.0 Å². The van der Waals surface area contributed by atoms with E-state index in [1.807, 2.05) is 13.1 Å². The van der Waals surface area contributed by atoms with Crippen LogP contribution in [0.5, 0.6) is 0 Å². The third-order valence-electron chi connectivity index (χ3n) is 3.81. The van der Waals surface area contributed by atoms with Crippen molar-refractivity contribution in [2.24, 2.45) is 5.92 Å². The van der Waals surface area contributed by atoms with E-state index < -0.39 is 0 Å². The Kier molecular flexibility index (Phi) is 3.54. The molecule has 5 heteroatoms. The van der Waals surface area contributed by atoms with E-state index in [-0.39, 0.29) is 0 Å². The molecule has 0 spiro atoms. The fourth-order valence-electron chi connectivity index (χ4n) is 2.39. The third kappa shape index (κ3) is 2.35.